The summed E-state index contributed by atoms with van der Waals surface area (Å²) in [6.07, 6.45) is 1.20. The van der Waals surface area contributed by atoms with E-state index < -0.39 is 0 Å². The average Bonchev–Trinajstić information content (AvgIpc) is 2.37. The lowest BCUT2D eigenvalue weighted by atomic mass is 10.0. The fraction of sp³-hybridized carbons (Fsp3) is 0.625. The predicted octanol–water partition coefficient (Wildman–Crippen LogP) is 3.38. The van der Waals surface area contributed by atoms with E-state index >= 15 is 0 Å². The molecule has 2 heteroatoms. The van der Waals surface area contributed by atoms with Gasteiger partial charge in [-0.25, -0.2) is 0 Å². The third-order valence-corrected chi connectivity index (χ3v) is 3.83. The lowest BCUT2D eigenvalue weighted by molar-refractivity contribution is 0.225. The highest BCUT2D eigenvalue weighted by Gasteiger charge is 2.16. The Morgan fingerprint density at radius 3 is 2.44 bits per heavy atom. The molecule has 0 aliphatic rings. The molecule has 0 aromatic heterocycles. The van der Waals surface area contributed by atoms with Gasteiger partial charge in [0.15, 0.2) is 0 Å². The Kier molecular flexibility index (Phi) is 6.37. The molecule has 0 fully saturated rings. The molecule has 1 aromatic carbocycles. The van der Waals surface area contributed by atoms with Gasteiger partial charge in [0.1, 0.15) is 0 Å². The second-order valence-corrected chi connectivity index (χ2v) is 5.16. The van der Waals surface area contributed by atoms with Gasteiger partial charge in [-0.05, 0) is 45.0 Å². The number of nitrogens with one attached hydrogen (secondary N) is 1. The minimum atomic E-state index is 0.426. The van der Waals surface area contributed by atoms with Crippen molar-refractivity contribution in [2.24, 2.45) is 0 Å². The van der Waals surface area contributed by atoms with E-state index in [1.807, 2.05) is 0 Å². The fourth-order valence-corrected chi connectivity index (χ4v) is 2.28. The zero-order chi connectivity index (χ0) is 13.5. The highest BCUT2D eigenvalue weighted by Crippen LogP contribution is 2.19. The normalized spacial score (nSPS) is 14.8. The van der Waals surface area contributed by atoms with Crippen LogP contribution in [0.4, 0.5) is 0 Å². The Morgan fingerprint density at radius 1 is 1.22 bits per heavy atom. The van der Waals surface area contributed by atoms with Gasteiger partial charge in [0, 0.05) is 18.6 Å². The number of hydrogen-bond donors (Lipinski definition) is 1. The monoisotopic (exact) mass is 248 g/mol. The van der Waals surface area contributed by atoms with Crippen LogP contribution in [0.2, 0.25) is 0 Å². The summed E-state index contributed by atoms with van der Waals surface area (Å²) >= 11 is 0. The van der Waals surface area contributed by atoms with Crippen LogP contribution in [-0.4, -0.2) is 31.1 Å². The SMILES string of the molecule is CCNC(CN(C)C(C)CC)c1ccccc1C. The molecule has 18 heavy (non-hydrogen) atoms. The quantitative estimate of drug-likeness (QED) is 0.796. The molecular weight excluding hydrogens is 220 g/mol. The molecule has 0 aliphatic carbocycles. The average molecular weight is 248 g/mol. The first-order valence-corrected chi connectivity index (χ1v) is 7.09. The maximum atomic E-state index is 3.61. The van der Waals surface area contributed by atoms with Crippen LogP contribution in [0.1, 0.15) is 44.4 Å². The lowest BCUT2D eigenvalue weighted by Crippen LogP contribution is -2.37. The van der Waals surface area contributed by atoms with E-state index in [1.54, 1.807) is 0 Å². The molecule has 0 saturated carbocycles. The molecule has 0 radical (unpaired) electrons. The zero-order valence-corrected chi connectivity index (χ0v) is 12.5. The number of likely N-dealkylation sites (N-methyl/N-ethyl adjacent to an activating group) is 2. The van der Waals surface area contributed by atoms with Gasteiger partial charge in [0.2, 0.25) is 0 Å². The van der Waals surface area contributed by atoms with Crippen LogP contribution < -0.4 is 5.32 Å². The van der Waals surface area contributed by atoms with Crippen molar-refractivity contribution in [3.63, 3.8) is 0 Å². The van der Waals surface area contributed by atoms with Gasteiger partial charge in [-0.2, -0.15) is 0 Å². The molecule has 0 heterocycles. The van der Waals surface area contributed by atoms with Crippen molar-refractivity contribution in [2.45, 2.75) is 46.2 Å². The molecule has 1 N–H and O–H groups in total. The lowest BCUT2D eigenvalue weighted by Gasteiger charge is -2.30. The number of aryl methyl sites for hydroxylation is 1. The van der Waals surface area contributed by atoms with E-state index in [0.29, 0.717) is 12.1 Å². The van der Waals surface area contributed by atoms with Gasteiger partial charge in [0.05, 0.1) is 0 Å². The highest BCUT2D eigenvalue weighted by molar-refractivity contribution is 5.29. The minimum absolute atomic E-state index is 0.426. The van der Waals surface area contributed by atoms with E-state index in [9.17, 15) is 0 Å². The van der Waals surface area contributed by atoms with Crippen LogP contribution in [0.5, 0.6) is 0 Å². The van der Waals surface area contributed by atoms with Crippen LogP contribution >= 0.6 is 0 Å². The van der Waals surface area contributed by atoms with Gasteiger partial charge in [-0.1, -0.05) is 38.1 Å². The van der Waals surface area contributed by atoms with Gasteiger partial charge >= 0.3 is 0 Å². The van der Waals surface area contributed by atoms with Crippen molar-refractivity contribution in [1.82, 2.24) is 10.2 Å². The summed E-state index contributed by atoms with van der Waals surface area (Å²) in [7, 11) is 2.22. The van der Waals surface area contributed by atoms with Crippen molar-refractivity contribution in [2.75, 3.05) is 20.1 Å². The first kappa shape index (κ1) is 15.2. The topological polar surface area (TPSA) is 15.3 Å². The Morgan fingerprint density at radius 2 is 1.89 bits per heavy atom. The second-order valence-electron chi connectivity index (χ2n) is 5.16. The van der Waals surface area contributed by atoms with Crippen LogP contribution in [0, 0.1) is 6.92 Å². The molecule has 2 unspecified atom stereocenters. The van der Waals surface area contributed by atoms with Crippen LogP contribution in [0.15, 0.2) is 24.3 Å². The fourth-order valence-electron chi connectivity index (χ4n) is 2.28. The molecule has 0 aliphatic heterocycles. The van der Waals surface area contributed by atoms with Gasteiger partial charge in [-0.15, -0.1) is 0 Å². The molecule has 2 nitrogen and oxygen atoms in total. The van der Waals surface area contributed by atoms with Crippen LogP contribution in [0.3, 0.4) is 0 Å². The molecule has 0 spiro atoms. The van der Waals surface area contributed by atoms with Crippen molar-refractivity contribution in [3.8, 4) is 0 Å². The summed E-state index contributed by atoms with van der Waals surface area (Å²) in [5.74, 6) is 0. The molecule has 102 valence electrons. The largest absolute Gasteiger partial charge is 0.309 e. The Bertz CT molecular complexity index is 349. The minimum Gasteiger partial charge on any atom is -0.309 e. The second kappa shape index (κ2) is 7.55. The number of benzene rings is 1. The molecular formula is C16H28N2. The van der Waals surface area contributed by atoms with E-state index in [2.05, 4.69) is 69.2 Å². The molecule has 0 amide bonds. The van der Waals surface area contributed by atoms with Gasteiger partial charge < -0.3 is 10.2 Å². The molecule has 1 aromatic rings. The molecule has 1 rings (SSSR count). The van der Waals surface area contributed by atoms with E-state index in [-0.39, 0.29) is 0 Å². The molecule has 2 atom stereocenters. The first-order chi connectivity index (χ1) is 8.60. The summed E-state index contributed by atoms with van der Waals surface area (Å²) in [5, 5.41) is 3.61. The first-order valence-electron chi connectivity index (χ1n) is 7.09. The van der Waals surface area contributed by atoms with E-state index in [0.717, 1.165) is 13.1 Å². The van der Waals surface area contributed by atoms with Crippen molar-refractivity contribution in [3.05, 3.63) is 35.4 Å². The standard InChI is InChI=1S/C16H28N2/c1-6-14(4)18(5)12-16(17-7-2)15-11-9-8-10-13(15)3/h8-11,14,16-17H,6-7,12H2,1-5H3. The predicted molar refractivity (Wildman–Crippen MR) is 80.0 cm³/mol. The van der Waals surface area contributed by atoms with Gasteiger partial charge in [-0.3, -0.25) is 0 Å². The van der Waals surface area contributed by atoms with Crippen molar-refractivity contribution >= 4 is 0 Å². The van der Waals surface area contributed by atoms with Gasteiger partial charge in [0.25, 0.3) is 0 Å². The summed E-state index contributed by atoms with van der Waals surface area (Å²) in [6, 6.07) is 9.75. The summed E-state index contributed by atoms with van der Waals surface area (Å²) in [6.45, 7) is 11.0. The third kappa shape index (κ3) is 4.11. The highest BCUT2D eigenvalue weighted by atomic mass is 15.1. The Hall–Kier alpha value is -0.860. The maximum absolute atomic E-state index is 3.61. The number of nitrogens with zero attached hydrogens (tertiary/aromatic N) is 1. The van der Waals surface area contributed by atoms with Crippen LogP contribution in [-0.2, 0) is 0 Å². The van der Waals surface area contributed by atoms with Crippen molar-refractivity contribution < 1.29 is 0 Å². The molecule has 0 bridgehead atoms. The van der Waals surface area contributed by atoms with E-state index in [1.165, 1.54) is 17.5 Å². The third-order valence-electron chi connectivity index (χ3n) is 3.83. The Labute approximate surface area is 112 Å². The zero-order valence-electron chi connectivity index (χ0n) is 12.5. The van der Waals surface area contributed by atoms with Crippen LogP contribution in [0.25, 0.3) is 0 Å². The maximum Gasteiger partial charge on any atom is 0.0451 e. The van der Waals surface area contributed by atoms with Crippen molar-refractivity contribution in [1.29, 1.82) is 0 Å². The smallest absolute Gasteiger partial charge is 0.0451 e. The summed E-state index contributed by atoms with van der Waals surface area (Å²) in [4.78, 5) is 2.44. The van der Waals surface area contributed by atoms with E-state index in [4.69, 9.17) is 0 Å². The molecule has 0 saturated heterocycles. The summed E-state index contributed by atoms with van der Waals surface area (Å²) < 4.78 is 0. The number of rotatable bonds is 7. The summed E-state index contributed by atoms with van der Waals surface area (Å²) in [5.41, 5.74) is 2.80. The Balaban J connectivity index is 2.80. The number of hydrogen-bond acceptors (Lipinski definition) is 2.